The Morgan fingerprint density at radius 2 is 1.63 bits per heavy atom. The van der Waals surface area contributed by atoms with E-state index in [1.54, 1.807) is 11.0 Å². The quantitative estimate of drug-likeness (QED) is 0.906. The first-order valence-corrected chi connectivity index (χ1v) is 9.20. The van der Waals surface area contributed by atoms with Crippen molar-refractivity contribution in [3.8, 4) is 0 Å². The zero-order chi connectivity index (χ0) is 19.1. The third-order valence-electron chi connectivity index (χ3n) is 5.59. The molecule has 27 heavy (non-hydrogen) atoms. The summed E-state index contributed by atoms with van der Waals surface area (Å²) in [5.74, 6) is -1.32. The van der Waals surface area contributed by atoms with Crippen molar-refractivity contribution in [2.45, 2.75) is 13.0 Å². The smallest absolute Gasteiger partial charge is 0.336 e. The highest BCUT2D eigenvalue weighted by Crippen LogP contribution is 2.39. The highest BCUT2D eigenvalue weighted by atomic mass is 16.4. The van der Waals surface area contributed by atoms with Crippen molar-refractivity contribution in [3.05, 3.63) is 59.2 Å². The van der Waals surface area contributed by atoms with Gasteiger partial charge in [-0.25, -0.2) is 4.79 Å². The number of hydrogen-bond donors (Lipinski definition) is 1. The average molecular weight is 365 g/mol. The molecule has 2 aliphatic rings. The highest BCUT2D eigenvalue weighted by Gasteiger charge is 2.38. The molecule has 0 radical (unpaired) electrons. The molecular weight excluding hydrogens is 342 g/mol. The number of aromatic carboxylic acids is 1. The van der Waals surface area contributed by atoms with Crippen LogP contribution in [0.1, 0.15) is 39.2 Å². The third-order valence-corrected chi connectivity index (χ3v) is 5.59. The summed E-state index contributed by atoms with van der Waals surface area (Å²) in [6.45, 7) is 5.99. The van der Waals surface area contributed by atoms with Gasteiger partial charge in [-0.2, -0.15) is 0 Å². The van der Waals surface area contributed by atoms with Gasteiger partial charge in [-0.05, 0) is 49.9 Å². The number of likely N-dealkylation sites (N-methyl/N-ethyl adjacent to an activating group) is 1. The van der Waals surface area contributed by atoms with Gasteiger partial charge in [-0.3, -0.25) is 4.79 Å². The Morgan fingerprint density at radius 1 is 1.00 bits per heavy atom. The maximum Gasteiger partial charge on any atom is 0.336 e. The summed E-state index contributed by atoms with van der Waals surface area (Å²) < 4.78 is 0. The van der Waals surface area contributed by atoms with Gasteiger partial charge in [0.15, 0.2) is 0 Å². The van der Waals surface area contributed by atoms with Crippen LogP contribution in [0.3, 0.4) is 0 Å². The lowest BCUT2D eigenvalue weighted by molar-refractivity contribution is 0.0692. The van der Waals surface area contributed by atoms with E-state index in [1.807, 2.05) is 37.3 Å². The molecule has 0 saturated carbocycles. The van der Waals surface area contributed by atoms with Gasteiger partial charge in [0.2, 0.25) is 0 Å². The van der Waals surface area contributed by atoms with Gasteiger partial charge in [0, 0.05) is 37.6 Å². The Bertz CT molecular complexity index is 886. The van der Waals surface area contributed by atoms with Crippen LogP contribution in [0.15, 0.2) is 42.5 Å². The van der Waals surface area contributed by atoms with Crippen LogP contribution in [0.2, 0.25) is 0 Å². The van der Waals surface area contributed by atoms with Crippen LogP contribution in [0.25, 0.3) is 0 Å². The van der Waals surface area contributed by atoms with E-state index in [1.165, 1.54) is 6.07 Å². The molecule has 1 fully saturated rings. The Morgan fingerprint density at radius 3 is 2.26 bits per heavy atom. The first kappa shape index (κ1) is 17.5. The first-order chi connectivity index (χ1) is 13.0. The molecule has 4 rings (SSSR count). The summed E-state index contributed by atoms with van der Waals surface area (Å²) in [6, 6.07) is 12.8. The van der Waals surface area contributed by atoms with E-state index < -0.39 is 5.97 Å². The molecular formula is C21H23N3O3. The summed E-state index contributed by atoms with van der Waals surface area (Å²) in [4.78, 5) is 30.9. The molecule has 1 N–H and O–H groups in total. The number of hydrogen-bond acceptors (Lipinski definition) is 4. The lowest BCUT2D eigenvalue weighted by atomic mass is 10.0. The van der Waals surface area contributed by atoms with Crippen molar-refractivity contribution >= 4 is 23.3 Å². The molecule has 2 aromatic rings. The van der Waals surface area contributed by atoms with Gasteiger partial charge in [0.05, 0.1) is 17.2 Å². The van der Waals surface area contributed by atoms with Crippen molar-refractivity contribution in [2.24, 2.45) is 0 Å². The fourth-order valence-corrected chi connectivity index (χ4v) is 4.00. The van der Waals surface area contributed by atoms with Gasteiger partial charge >= 0.3 is 5.97 Å². The molecule has 0 spiro atoms. The molecule has 140 valence electrons. The first-order valence-electron chi connectivity index (χ1n) is 9.20. The molecule has 1 amide bonds. The Balaban J connectivity index is 1.62. The van der Waals surface area contributed by atoms with Crippen molar-refractivity contribution in [2.75, 3.05) is 43.0 Å². The predicted octanol–water partition coefficient (Wildman–Crippen LogP) is 2.86. The van der Waals surface area contributed by atoms with Crippen LogP contribution in [0.5, 0.6) is 0 Å². The van der Waals surface area contributed by atoms with E-state index >= 15 is 0 Å². The van der Waals surface area contributed by atoms with Crippen molar-refractivity contribution in [3.63, 3.8) is 0 Å². The second-order valence-electron chi connectivity index (χ2n) is 7.23. The summed E-state index contributed by atoms with van der Waals surface area (Å²) in [5.41, 5.74) is 3.08. The molecule has 6 nitrogen and oxygen atoms in total. The molecule has 0 aliphatic carbocycles. The van der Waals surface area contributed by atoms with E-state index in [4.69, 9.17) is 0 Å². The minimum Gasteiger partial charge on any atom is -0.478 e. The van der Waals surface area contributed by atoms with Crippen LogP contribution in [-0.2, 0) is 0 Å². The standard InChI is InChI=1S/C21H23N3O3/c1-14-17-4-3-5-18(21(26)27)19(17)20(25)24(14)16-8-6-15(7-9-16)23-12-10-22(2)11-13-23/h3-9,14H,10-13H2,1-2H3,(H,26,27). The number of fused-ring (bicyclic) bond motifs is 1. The number of anilines is 2. The minimum atomic E-state index is -1.07. The number of rotatable bonds is 3. The summed E-state index contributed by atoms with van der Waals surface area (Å²) in [7, 11) is 2.13. The number of nitrogens with zero attached hydrogens (tertiary/aromatic N) is 3. The van der Waals surface area contributed by atoms with Crippen molar-refractivity contribution in [1.82, 2.24) is 4.90 Å². The number of carboxylic acids is 1. The van der Waals surface area contributed by atoms with E-state index in [0.717, 1.165) is 43.1 Å². The largest absolute Gasteiger partial charge is 0.478 e. The maximum atomic E-state index is 13.0. The molecule has 1 atom stereocenters. The van der Waals surface area contributed by atoms with Crippen LogP contribution in [0, 0.1) is 0 Å². The third kappa shape index (κ3) is 2.96. The fourth-order valence-electron chi connectivity index (χ4n) is 4.00. The second-order valence-corrected chi connectivity index (χ2v) is 7.23. The van der Waals surface area contributed by atoms with Gasteiger partial charge in [-0.15, -0.1) is 0 Å². The Hall–Kier alpha value is -2.86. The zero-order valence-corrected chi connectivity index (χ0v) is 15.6. The molecule has 0 bridgehead atoms. The number of piperazine rings is 1. The van der Waals surface area contributed by atoms with Crippen molar-refractivity contribution in [1.29, 1.82) is 0 Å². The molecule has 1 unspecified atom stereocenters. The number of amides is 1. The molecule has 2 aliphatic heterocycles. The van der Waals surface area contributed by atoms with Crippen molar-refractivity contribution < 1.29 is 14.7 Å². The van der Waals surface area contributed by atoms with Gasteiger partial charge in [0.25, 0.3) is 5.91 Å². The summed E-state index contributed by atoms with van der Waals surface area (Å²) in [5, 5.41) is 9.43. The highest BCUT2D eigenvalue weighted by molar-refractivity contribution is 6.16. The van der Waals surface area contributed by atoms with Crippen LogP contribution < -0.4 is 9.80 Å². The minimum absolute atomic E-state index is 0.0703. The van der Waals surface area contributed by atoms with E-state index in [2.05, 4.69) is 16.8 Å². The maximum absolute atomic E-state index is 13.0. The predicted molar refractivity (Wildman–Crippen MR) is 105 cm³/mol. The molecule has 6 heteroatoms. The number of carbonyl (C=O) groups is 2. The monoisotopic (exact) mass is 365 g/mol. The molecule has 1 saturated heterocycles. The zero-order valence-electron chi connectivity index (χ0n) is 15.6. The molecule has 0 aromatic heterocycles. The average Bonchev–Trinajstić information content (AvgIpc) is 2.93. The van der Waals surface area contributed by atoms with E-state index in [9.17, 15) is 14.7 Å². The Labute approximate surface area is 158 Å². The van der Waals surface area contributed by atoms with Crippen LogP contribution in [0.4, 0.5) is 11.4 Å². The van der Waals surface area contributed by atoms with E-state index in [-0.39, 0.29) is 17.5 Å². The van der Waals surface area contributed by atoms with Gasteiger partial charge in [-0.1, -0.05) is 12.1 Å². The number of carbonyl (C=O) groups excluding carboxylic acids is 1. The lowest BCUT2D eigenvalue weighted by Crippen LogP contribution is -2.44. The van der Waals surface area contributed by atoms with E-state index in [0.29, 0.717) is 5.56 Å². The SMILES string of the molecule is CC1c2cccc(C(=O)O)c2C(=O)N1c1ccc(N2CCN(C)CC2)cc1. The molecule has 2 heterocycles. The van der Waals surface area contributed by atoms with Gasteiger partial charge in [0.1, 0.15) is 0 Å². The number of benzene rings is 2. The fraction of sp³-hybridized carbons (Fsp3) is 0.333. The second kappa shape index (κ2) is 6.70. The van der Waals surface area contributed by atoms with Gasteiger partial charge < -0.3 is 19.8 Å². The topological polar surface area (TPSA) is 64.1 Å². The molecule has 2 aromatic carbocycles. The number of carboxylic acid groups (broad SMARTS) is 1. The summed E-state index contributed by atoms with van der Waals surface area (Å²) >= 11 is 0. The summed E-state index contributed by atoms with van der Waals surface area (Å²) in [6.07, 6.45) is 0. The van der Waals surface area contributed by atoms with Crippen LogP contribution in [-0.4, -0.2) is 55.1 Å². The normalized spacial score (nSPS) is 20.1. The van der Waals surface area contributed by atoms with Crippen LogP contribution >= 0.6 is 0 Å². The Kier molecular flexibility index (Phi) is 4.36. The lowest BCUT2D eigenvalue weighted by Gasteiger charge is -2.34.